The van der Waals surface area contributed by atoms with E-state index in [-0.39, 0.29) is 17.4 Å². The van der Waals surface area contributed by atoms with Gasteiger partial charge < -0.3 is 10.6 Å². The summed E-state index contributed by atoms with van der Waals surface area (Å²) < 4.78 is 0. The Hall–Kier alpha value is -1.50. The monoisotopic (exact) mass is 285 g/mol. The van der Waals surface area contributed by atoms with Crippen LogP contribution < -0.4 is 11.1 Å². The van der Waals surface area contributed by atoms with Crippen LogP contribution in [0.25, 0.3) is 0 Å². The molecule has 106 valence electrons. The van der Waals surface area contributed by atoms with Gasteiger partial charge in [0.15, 0.2) is 0 Å². The fourth-order valence-electron chi connectivity index (χ4n) is 2.24. The fraction of sp³-hybridized carbons (Fsp3) is 0.667. The van der Waals surface area contributed by atoms with Gasteiger partial charge in [0, 0.05) is 0 Å². The largest absolute Gasteiger partial charge is 0.392 e. The average Bonchev–Trinajstić information content (AvgIpc) is 2.35. The van der Waals surface area contributed by atoms with Crippen LogP contribution in [0, 0.1) is 5.41 Å². The SMILES string of the molecule is CCC(CC)(C(=O)N1CC(=O)NC(=O)C1C)C(N)=S. The van der Waals surface area contributed by atoms with Crippen LogP contribution in [0.1, 0.15) is 33.6 Å². The molecule has 0 spiro atoms. The van der Waals surface area contributed by atoms with Crippen LogP contribution in [0.5, 0.6) is 0 Å². The summed E-state index contributed by atoms with van der Waals surface area (Å²) in [4.78, 5) is 37.0. The summed E-state index contributed by atoms with van der Waals surface area (Å²) >= 11 is 5.02. The Balaban J connectivity index is 3.12. The van der Waals surface area contributed by atoms with Gasteiger partial charge in [0.05, 0.1) is 10.4 Å². The first-order chi connectivity index (χ1) is 8.80. The normalized spacial score (nSPS) is 20.2. The smallest absolute Gasteiger partial charge is 0.249 e. The Kier molecular flexibility index (Phi) is 4.62. The predicted octanol–water partition coefficient (Wildman–Crippen LogP) is -0.0476. The molecule has 3 amide bonds. The number of carbonyl (C=O) groups excluding carboxylic acids is 3. The molecule has 6 nitrogen and oxygen atoms in total. The molecule has 1 saturated heterocycles. The molecule has 1 fully saturated rings. The Morgan fingerprint density at radius 2 is 2.00 bits per heavy atom. The number of nitrogens with zero attached hydrogens (tertiary/aromatic N) is 1. The zero-order valence-corrected chi connectivity index (χ0v) is 12.2. The number of thiocarbonyl (C=S) groups is 1. The summed E-state index contributed by atoms with van der Waals surface area (Å²) in [7, 11) is 0. The predicted molar refractivity (Wildman–Crippen MR) is 74.1 cm³/mol. The Labute approximate surface area is 117 Å². The molecule has 1 heterocycles. The maximum atomic E-state index is 12.7. The van der Waals surface area contributed by atoms with Crippen molar-refractivity contribution >= 4 is 34.9 Å². The van der Waals surface area contributed by atoms with Crippen molar-refractivity contribution in [1.82, 2.24) is 10.2 Å². The second kappa shape index (κ2) is 5.64. The van der Waals surface area contributed by atoms with Crippen LogP contribution in [-0.4, -0.2) is 40.2 Å². The van der Waals surface area contributed by atoms with Crippen molar-refractivity contribution in [2.75, 3.05) is 6.54 Å². The molecular weight excluding hydrogens is 266 g/mol. The minimum atomic E-state index is -0.985. The van der Waals surface area contributed by atoms with E-state index in [2.05, 4.69) is 5.32 Å². The molecule has 1 aliphatic rings. The first-order valence-electron chi connectivity index (χ1n) is 6.24. The average molecular weight is 285 g/mol. The van der Waals surface area contributed by atoms with Crippen LogP contribution >= 0.6 is 12.2 Å². The van der Waals surface area contributed by atoms with Gasteiger partial charge in [-0.2, -0.15) is 0 Å². The maximum Gasteiger partial charge on any atom is 0.249 e. The van der Waals surface area contributed by atoms with Crippen LogP contribution in [0.3, 0.4) is 0 Å². The van der Waals surface area contributed by atoms with E-state index >= 15 is 0 Å². The third kappa shape index (κ3) is 2.60. The number of hydrogen-bond donors (Lipinski definition) is 2. The standard InChI is InChI=1S/C12H19N3O3S/c1-4-12(5-2,10(13)19)11(18)15-6-8(16)14-9(17)7(15)3/h7H,4-6H2,1-3H3,(H2,13,19)(H,14,16,17). The highest BCUT2D eigenvalue weighted by Crippen LogP contribution is 2.30. The number of rotatable bonds is 4. The van der Waals surface area contributed by atoms with Gasteiger partial charge in [-0.1, -0.05) is 26.1 Å². The molecule has 0 saturated carbocycles. The lowest BCUT2D eigenvalue weighted by atomic mass is 9.80. The molecule has 0 radical (unpaired) electrons. The second-order valence-electron chi connectivity index (χ2n) is 4.67. The van der Waals surface area contributed by atoms with Crippen molar-refractivity contribution in [3.8, 4) is 0 Å². The second-order valence-corrected chi connectivity index (χ2v) is 5.11. The molecule has 0 aromatic heterocycles. The number of nitrogens with one attached hydrogen (secondary N) is 1. The molecule has 19 heavy (non-hydrogen) atoms. The third-order valence-electron chi connectivity index (χ3n) is 3.77. The van der Waals surface area contributed by atoms with Crippen molar-refractivity contribution < 1.29 is 14.4 Å². The van der Waals surface area contributed by atoms with Crippen molar-refractivity contribution in [1.29, 1.82) is 0 Å². The van der Waals surface area contributed by atoms with E-state index in [4.69, 9.17) is 18.0 Å². The lowest BCUT2D eigenvalue weighted by Crippen LogP contribution is -2.62. The summed E-state index contributed by atoms with van der Waals surface area (Å²) in [6.07, 6.45) is 0.882. The molecule has 1 atom stereocenters. The van der Waals surface area contributed by atoms with E-state index in [0.29, 0.717) is 12.8 Å². The summed E-state index contributed by atoms with van der Waals surface area (Å²) in [5, 5.41) is 2.19. The lowest BCUT2D eigenvalue weighted by Gasteiger charge is -2.39. The molecule has 0 aromatic rings. The molecule has 3 N–H and O–H groups in total. The van der Waals surface area contributed by atoms with E-state index in [9.17, 15) is 14.4 Å². The quantitative estimate of drug-likeness (QED) is 0.558. The van der Waals surface area contributed by atoms with Crippen molar-refractivity contribution in [2.24, 2.45) is 11.1 Å². The molecule has 0 aromatic carbocycles. The number of hydrogen-bond acceptors (Lipinski definition) is 4. The molecule has 1 aliphatic heterocycles. The van der Waals surface area contributed by atoms with E-state index in [1.807, 2.05) is 13.8 Å². The summed E-state index contributed by atoms with van der Waals surface area (Å²) in [6.45, 7) is 5.07. The lowest BCUT2D eigenvalue weighted by molar-refractivity contribution is -0.153. The summed E-state index contributed by atoms with van der Waals surface area (Å²) in [5.41, 5.74) is 4.73. The Morgan fingerprint density at radius 1 is 1.47 bits per heavy atom. The van der Waals surface area contributed by atoms with Crippen LogP contribution in [0.2, 0.25) is 0 Å². The fourth-order valence-corrected chi connectivity index (χ4v) is 2.62. The van der Waals surface area contributed by atoms with E-state index in [0.717, 1.165) is 0 Å². The first kappa shape index (κ1) is 15.6. The number of carbonyl (C=O) groups is 3. The first-order valence-corrected chi connectivity index (χ1v) is 6.65. The van der Waals surface area contributed by atoms with Gasteiger partial charge >= 0.3 is 0 Å². The minimum Gasteiger partial charge on any atom is -0.392 e. The van der Waals surface area contributed by atoms with Crippen molar-refractivity contribution in [3.05, 3.63) is 0 Å². The third-order valence-corrected chi connectivity index (χ3v) is 4.16. The number of piperazine rings is 1. The van der Waals surface area contributed by atoms with Gasteiger partial charge in [0.1, 0.15) is 12.6 Å². The molecule has 7 heteroatoms. The highest BCUT2D eigenvalue weighted by atomic mass is 32.1. The van der Waals surface area contributed by atoms with E-state index in [1.54, 1.807) is 6.92 Å². The minimum absolute atomic E-state index is 0.105. The van der Waals surface area contributed by atoms with Crippen LogP contribution in [0.4, 0.5) is 0 Å². The van der Waals surface area contributed by atoms with Gasteiger partial charge in [0.2, 0.25) is 17.7 Å². The van der Waals surface area contributed by atoms with E-state index < -0.39 is 23.3 Å². The zero-order valence-electron chi connectivity index (χ0n) is 11.4. The van der Waals surface area contributed by atoms with Gasteiger partial charge in [-0.25, -0.2) is 0 Å². The summed E-state index contributed by atoms with van der Waals surface area (Å²) in [5.74, 6) is -1.31. The molecule has 1 unspecified atom stereocenters. The topological polar surface area (TPSA) is 92.5 Å². The van der Waals surface area contributed by atoms with Gasteiger partial charge in [-0.05, 0) is 19.8 Å². The number of nitrogens with two attached hydrogens (primary N) is 1. The molecule has 0 bridgehead atoms. The van der Waals surface area contributed by atoms with Crippen LogP contribution in [0.15, 0.2) is 0 Å². The number of amides is 3. The highest BCUT2D eigenvalue weighted by molar-refractivity contribution is 7.80. The zero-order chi connectivity index (χ0) is 14.8. The molecule has 0 aliphatic carbocycles. The molecular formula is C12H19N3O3S. The van der Waals surface area contributed by atoms with Crippen LogP contribution in [-0.2, 0) is 14.4 Å². The van der Waals surface area contributed by atoms with Gasteiger partial charge in [0.25, 0.3) is 0 Å². The maximum absolute atomic E-state index is 12.7. The Morgan fingerprint density at radius 3 is 2.42 bits per heavy atom. The van der Waals surface area contributed by atoms with Gasteiger partial charge in [-0.3, -0.25) is 19.7 Å². The van der Waals surface area contributed by atoms with Crippen molar-refractivity contribution in [3.63, 3.8) is 0 Å². The van der Waals surface area contributed by atoms with E-state index in [1.165, 1.54) is 4.90 Å². The van der Waals surface area contributed by atoms with Crippen molar-refractivity contribution in [2.45, 2.75) is 39.7 Å². The number of imide groups is 1. The Bertz CT molecular complexity index is 432. The summed E-state index contributed by atoms with van der Waals surface area (Å²) in [6, 6.07) is -0.697. The molecule has 1 rings (SSSR count). The van der Waals surface area contributed by atoms with Gasteiger partial charge in [-0.15, -0.1) is 0 Å². The highest BCUT2D eigenvalue weighted by Gasteiger charge is 2.45.